The van der Waals surface area contributed by atoms with Crippen LogP contribution in [-0.4, -0.2) is 77.7 Å². The van der Waals surface area contributed by atoms with Gasteiger partial charge in [0.1, 0.15) is 0 Å². The maximum absolute atomic E-state index is 4.18. The third-order valence-corrected chi connectivity index (χ3v) is 4.05. The van der Waals surface area contributed by atoms with E-state index in [4.69, 9.17) is 0 Å². The minimum atomic E-state index is 0.454. The van der Waals surface area contributed by atoms with E-state index in [2.05, 4.69) is 39.5 Å². The number of likely N-dealkylation sites (N-methyl/N-ethyl adjacent to an activating group) is 3. The Hall–Kier alpha value is -0.980. The average molecular weight is 266 g/mol. The van der Waals surface area contributed by atoms with E-state index in [1.165, 1.54) is 6.54 Å². The van der Waals surface area contributed by atoms with E-state index in [0.29, 0.717) is 12.1 Å². The minimum absolute atomic E-state index is 0.454. The van der Waals surface area contributed by atoms with Crippen molar-refractivity contribution in [2.24, 2.45) is 7.05 Å². The third-order valence-electron chi connectivity index (χ3n) is 4.05. The van der Waals surface area contributed by atoms with Gasteiger partial charge in [0, 0.05) is 51.4 Å². The molecule has 1 N–H and O–H groups in total. The highest BCUT2D eigenvalue weighted by atomic mass is 15.4. The first-order chi connectivity index (χ1) is 9.08. The van der Waals surface area contributed by atoms with Gasteiger partial charge in [0.25, 0.3) is 0 Å². The summed E-state index contributed by atoms with van der Waals surface area (Å²) in [5.74, 6) is 0. The molecule has 0 bridgehead atoms. The van der Waals surface area contributed by atoms with Crippen molar-refractivity contribution in [3.05, 3.63) is 11.9 Å². The van der Waals surface area contributed by atoms with Crippen molar-refractivity contribution >= 4 is 0 Å². The number of hydrogen-bond donors (Lipinski definition) is 1. The van der Waals surface area contributed by atoms with Gasteiger partial charge in [-0.15, -0.1) is 5.10 Å². The standard InChI is InChI=1S/C13H26N6/c1-14-11(7-12-9-19(4)16-15-12)8-13-10-17(2)5-6-18(13)3/h9,11,13-14H,5-8,10H2,1-4H3. The van der Waals surface area contributed by atoms with E-state index in [1.54, 1.807) is 4.68 Å². The number of nitrogens with one attached hydrogen (secondary N) is 1. The summed E-state index contributed by atoms with van der Waals surface area (Å²) in [4.78, 5) is 4.89. The molecule has 1 fully saturated rings. The molecule has 2 heterocycles. The molecule has 1 aliphatic heterocycles. The van der Waals surface area contributed by atoms with E-state index >= 15 is 0 Å². The summed E-state index contributed by atoms with van der Waals surface area (Å²) in [6.45, 7) is 3.47. The largest absolute Gasteiger partial charge is 0.317 e. The zero-order valence-corrected chi connectivity index (χ0v) is 12.5. The lowest BCUT2D eigenvalue weighted by molar-refractivity contribution is 0.101. The Labute approximate surface area is 115 Å². The van der Waals surface area contributed by atoms with E-state index < -0.39 is 0 Å². The van der Waals surface area contributed by atoms with Gasteiger partial charge < -0.3 is 15.1 Å². The monoisotopic (exact) mass is 266 g/mol. The molecule has 1 aromatic heterocycles. The zero-order valence-electron chi connectivity index (χ0n) is 12.5. The Morgan fingerprint density at radius 2 is 2.16 bits per heavy atom. The summed E-state index contributed by atoms with van der Waals surface area (Å²) < 4.78 is 1.77. The van der Waals surface area contributed by atoms with E-state index in [0.717, 1.165) is 31.6 Å². The normalized spacial score (nSPS) is 23.7. The van der Waals surface area contributed by atoms with Crippen molar-refractivity contribution in [2.75, 3.05) is 40.8 Å². The fourth-order valence-electron chi connectivity index (χ4n) is 2.73. The number of piperazine rings is 1. The van der Waals surface area contributed by atoms with Gasteiger partial charge in [-0.05, 0) is 27.6 Å². The van der Waals surface area contributed by atoms with Crippen LogP contribution in [0.15, 0.2) is 6.20 Å². The van der Waals surface area contributed by atoms with Gasteiger partial charge in [-0.25, -0.2) is 0 Å². The Kier molecular flexibility index (Phi) is 4.90. The number of hydrogen-bond acceptors (Lipinski definition) is 5. The summed E-state index contributed by atoms with van der Waals surface area (Å²) in [5.41, 5.74) is 1.06. The predicted octanol–water partition coefficient (Wildman–Crippen LogP) is -0.418. The van der Waals surface area contributed by atoms with Gasteiger partial charge in [-0.1, -0.05) is 5.21 Å². The molecule has 0 aromatic carbocycles. The predicted molar refractivity (Wildman–Crippen MR) is 76.1 cm³/mol. The second-order valence-electron chi connectivity index (χ2n) is 5.71. The SMILES string of the molecule is CNC(Cc1cn(C)nn1)CC1CN(C)CCN1C. The van der Waals surface area contributed by atoms with Gasteiger partial charge in [0.05, 0.1) is 5.69 Å². The number of aryl methyl sites for hydroxylation is 1. The second kappa shape index (κ2) is 6.45. The van der Waals surface area contributed by atoms with Gasteiger partial charge in [0.2, 0.25) is 0 Å². The molecule has 0 amide bonds. The molecular formula is C13H26N6. The topological polar surface area (TPSA) is 49.2 Å². The number of rotatable bonds is 5. The van der Waals surface area contributed by atoms with Crippen molar-refractivity contribution in [1.82, 2.24) is 30.1 Å². The van der Waals surface area contributed by atoms with Crippen LogP contribution in [0.3, 0.4) is 0 Å². The van der Waals surface area contributed by atoms with Crippen LogP contribution in [0.5, 0.6) is 0 Å². The van der Waals surface area contributed by atoms with Crippen molar-refractivity contribution in [2.45, 2.75) is 24.9 Å². The molecular weight excluding hydrogens is 240 g/mol. The van der Waals surface area contributed by atoms with Gasteiger partial charge in [-0.3, -0.25) is 4.68 Å². The molecule has 2 atom stereocenters. The Morgan fingerprint density at radius 1 is 1.37 bits per heavy atom. The van der Waals surface area contributed by atoms with Crippen LogP contribution in [0, 0.1) is 0 Å². The van der Waals surface area contributed by atoms with Crippen LogP contribution in [-0.2, 0) is 13.5 Å². The summed E-state index contributed by atoms with van der Waals surface area (Å²) in [7, 11) is 8.38. The molecule has 0 radical (unpaired) electrons. The fourth-order valence-corrected chi connectivity index (χ4v) is 2.73. The van der Waals surface area contributed by atoms with Crippen molar-refractivity contribution in [1.29, 1.82) is 0 Å². The molecule has 2 rings (SSSR count). The smallest absolute Gasteiger partial charge is 0.0842 e. The maximum Gasteiger partial charge on any atom is 0.0842 e. The first-order valence-electron chi connectivity index (χ1n) is 6.99. The van der Waals surface area contributed by atoms with Gasteiger partial charge >= 0.3 is 0 Å². The lowest BCUT2D eigenvalue weighted by Gasteiger charge is -2.39. The van der Waals surface area contributed by atoms with Crippen molar-refractivity contribution < 1.29 is 0 Å². The quantitative estimate of drug-likeness (QED) is 0.784. The molecule has 1 saturated heterocycles. The molecule has 19 heavy (non-hydrogen) atoms. The molecule has 6 nitrogen and oxygen atoms in total. The maximum atomic E-state index is 4.18. The molecule has 2 unspecified atom stereocenters. The number of nitrogens with zero attached hydrogens (tertiary/aromatic N) is 5. The van der Waals surface area contributed by atoms with Gasteiger partial charge in [-0.2, -0.15) is 0 Å². The highest BCUT2D eigenvalue weighted by Gasteiger charge is 2.25. The van der Waals surface area contributed by atoms with Crippen LogP contribution >= 0.6 is 0 Å². The van der Waals surface area contributed by atoms with Crippen LogP contribution in [0.1, 0.15) is 12.1 Å². The summed E-state index contributed by atoms with van der Waals surface area (Å²) in [6.07, 6.45) is 4.09. The van der Waals surface area contributed by atoms with E-state index in [1.807, 2.05) is 20.3 Å². The first kappa shape index (κ1) is 14.4. The Bertz CT molecular complexity index is 390. The first-order valence-corrected chi connectivity index (χ1v) is 6.99. The van der Waals surface area contributed by atoms with Crippen LogP contribution < -0.4 is 5.32 Å². The fraction of sp³-hybridized carbons (Fsp3) is 0.846. The minimum Gasteiger partial charge on any atom is -0.317 e. The Morgan fingerprint density at radius 3 is 2.79 bits per heavy atom. The molecule has 6 heteroatoms. The molecule has 0 aliphatic carbocycles. The molecule has 108 valence electrons. The van der Waals surface area contributed by atoms with Crippen molar-refractivity contribution in [3.8, 4) is 0 Å². The lowest BCUT2D eigenvalue weighted by Crippen LogP contribution is -2.52. The summed E-state index contributed by atoms with van der Waals surface area (Å²) in [6, 6.07) is 1.07. The summed E-state index contributed by atoms with van der Waals surface area (Å²) in [5, 5.41) is 11.6. The van der Waals surface area contributed by atoms with Gasteiger partial charge in [0.15, 0.2) is 0 Å². The third kappa shape index (κ3) is 3.99. The van der Waals surface area contributed by atoms with Crippen LogP contribution in [0.4, 0.5) is 0 Å². The van der Waals surface area contributed by atoms with Crippen LogP contribution in [0.2, 0.25) is 0 Å². The Balaban J connectivity index is 1.90. The van der Waals surface area contributed by atoms with E-state index in [-0.39, 0.29) is 0 Å². The highest BCUT2D eigenvalue weighted by molar-refractivity contribution is 4.97. The van der Waals surface area contributed by atoms with Crippen LogP contribution in [0.25, 0.3) is 0 Å². The van der Waals surface area contributed by atoms with Crippen molar-refractivity contribution in [3.63, 3.8) is 0 Å². The molecule has 1 aliphatic rings. The molecule has 0 spiro atoms. The lowest BCUT2D eigenvalue weighted by atomic mass is 10.00. The van der Waals surface area contributed by atoms with E-state index in [9.17, 15) is 0 Å². The molecule has 1 aromatic rings. The number of aromatic nitrogens is 3. The second-order valence-corrected chi connectivity index (χ2v) is 5.71. The molecule has 0 saturated carbocycles. The zero-order chi connectivity index (χ0) is 13.8. The average Bonchev–Trinajstić information content (AvgIpc) is 2.78. The summed E-state index contributed by atoms with van der Waals surface area (Å²) >= 11 is 0. The highest BCUT2D eigenvalue weighted by Crippen LogP contribution is 2.13.